The molecule has 0 unspecified atom stereocenters. The van der Waals surface area contributed by atoms with Crippen molar-refractivity contribution in [2.45, 2.75) is 51.3 Å². The van der Waals surface area contributed by atoms with Gasteiger partial charge in [0.1, 0.15) is 6.73 Å². The van der Waals surface area contributed by atoms with Crippen molar-refractivity contribution in [1.82, 2.24) is 9.78 Å². The number of thiophene rings is 1. The SMILES string of the molecule is CCc1csc2cc3c(cnn3COCC[Si](C)(C)C)c(OS(=O)(=O)C(F)(F)F)c12. The van der Waals surface area contributed by atoms with Gasteiger partial charge in [0, 0.05) is 24.8 Å². The lowest BCUT2D eigenvalue weighted by Gasteiger charge is -2.15. The maximum atomic E-state index is 13.0. The topological polar surface area (TPSA) is 70.4 Å². The van der Waals surface area contributed by atoms with Crippen LogP contribution < -0.4 is 4.18 Å². The maximum Gasteiger partial charge on any atom is 0.534 e. The van der Waals surface area contributed by atoms with Crippen LogP contribution in [0.1, 0.15) is 12.5 Å². The van der Waals surface area contributed by atoms with Gasteiger partial charge in [-0.1, -0.05) is 26.6 Å². The molecule has 2 aromatic heterocycles. The Morgan fingerprint density at radius 2 is 1.97 bits per heavy atom. The number of nitrogens with zero attached hydrogens (tertiary/aromatic N) is 2. The Balaban J connectivity index is 2.06. The summed E-state index contributed by atoms with van der Waals surface area (Å²) in [7, 11) is -7.09. The van der Waals surface area contributed by atoms with Gasteiger partial charge in [-0.25, -0.2) is 4.68 Å². The molecule has 3 aromatic rings. The van der Waals surface area contributed by atoms with E-state index in [4.69, 9.17) is 4.74 Å². The van der Waals surface area contributed by atoms with Gasteiger partial charge < -0.3 is 8.92 Å². The molecule has 0 saturated carbocycles. The van der Waals surface area contributed by atoms with Crippen LogP contribution in [-0.2, 0) is 28.0 Å². The van der Waals surface area contributed by atoms with Gasteiger partial charge in [-0.15, -0.1) is 11.3 Å². The lowest BCUT2D eigenvalue weighted by molar-refractivity contribution is -0.0499. The number of aryl methyl sites for hydroxylation is 1. The zero-order valence-corrected chi connectivity index (χ0v) is 19.7. The number of ether oxygens (including phenoxy) is 1. The molecule has 0 aliphatic carbocycles. The Morgan fingerprint density at radius 3 is 2.57 bits per heavy atom. The molecule has 30 heavy (non-hydrogen) atoms. The van der Waals surface area contributed by atoms with Gasteiger partial charge in [-0.05, 0) is 29.5 Å². The molecule has 2 heterocycles. The van der Waals surface area contributed by atoms with Crippen LogP contribution in [0.2, 0.25) is 25.7 Å². The average Bonchev–Trinajstić information content (AvgIpc) is 3.20. The van der Waals surface area contributed by atoms with Crippen molar-refractivity contribution in [2.75, 3.05) is 6.61 Å². The lowest BCUT2D eigenvalue weighted by Crippen LogP contribution is -2.28. The highest BCUT2D eigenvalue weighted by atomic mass is 32.2. The zero-order chi connectivity index (χ0) is 22.3. The third kappa shape index (κ3) is 4.66. The number of rotatable bonds is 8. The molecule has 166 valence electrons. The summed E-state index contributed by atoms with van der Waals surface area (Å²) in [4.78, 5) is 0. The number of alkyl halides is 3. The van der Waals surface area contributed by atoms with E-state index in [0.29, 0.717) is 34.2 Å². The summed E-state index contributed by atoms with van der Waals surface area (Å²) in [6.07, 6.45) is 1.83. The van der Waals surface area contributed by atoms with Crippen molar-refractivity contribution in [2.24, 2.45) is 0 Å². The Kier molecular flexibility index (Phi) is 6.25. The van der Waals surface area contributed by atoms with E-state index in [0.717, 1.165) is 6.04 Å². The third-order valence-corrected chi connectivity index (χ3v) is 8.22. The van der Waals surface area contributed by atoms with Gasteiger partial charge in [0.2, 0.25) is 0 Å². The van der Waals surface area contributed by atoms with Crippen LogP contribution in [0.4, 0.5) is 13.2 Å². The number of halogens is 3. The summed E-state index contributed by atoms with van der Waals surface area (Å²) in [5.41, 5.74) is -4.37. The maximum absolute atomic E-state index is 13.0. The van der Waals surface area contributed by atoms with Crippen LogP contribution in [0.3, 0.4) is 0 Å². The lowest BCUT2D eigenvalue weighted by atomic mass is 10.1. The fraction of sp³-hybridized carbons (Fsp3) is 0.500. The fourth-order valence-corrected chi connectivity index (χ4v) is 5.21. The second-order valence-electron chi connectivity index (χ2n) is 8.10. The van der Waals surface area contributed by atoms with Gasteiger partial charge >= 0.3 is 15.6 Å². The van der Waals surface area contributed by atoms with E-state index in [-0.39, 0.29) is 17.9 Å². The van der Waals surface area contributed by atoms with E-state index >= 15 is 0 Å². The molecule has 0 aliphatic heterocycles. The van der Waals surface area contributed by atoms with Crippen LogP contribution >= 0.6 is 11.3 Å². The van der Waals surface area contributed by atoms with Crippen molar-refractivity contribution in [3.63, 3.8) is 0 Å². The van der Waals surface area contributed by atoms with E-state index in [1.165, 1.54) is 22.2 Å². The quantitative estimate of drug-likeness (QED) is 0.188. The van der Waals surface area contributed by atoms with Crippen LogP contribution in [-0.4, -0.2) is 38.4 Å². The Labute approximate surface area is 177 Å². The van der Waals surface area contributed by atoms with Crippen LogP contribution in [0.15, 0.2) is 17.6 Å². The number of fused-ring (bicyclic) bond motifs is 2. The molecule has 0 N–H and O–H groups in total. The first kappa shape index (κ1) is 23.0. The van der Waals surface area contributed by atoms with Crippen LogP contribution in [0.25, 0.3) is 21.0 Å². The van der Waals surface area contributed by atoms with Crippen LogP contribution in [0, 0.1) is 0 Å². The van der Waals surface area contributed by atoms with E-state index < -0.39 is 23.7 Å². The van der Waals surface area contributed by atoms with E-state index in [1.54, 1.807) is 11.4 Å². The number of hydrogen-bond donors (Lipinski definition) is 0. The van der Waals surface area contributed by atoms with Crippen molar-refractivity contribution in [3.8, 4) is 5.75 Å². The number of hydrogen-bond acceptors (Lipinski definition) is 6. The molecule has 12 heteroatoms. The zero-order valence-electron chi connectivity index (χ0n) is 17.0. The van der Waals surface area contributed by atoms with E-state index in [1.807, 2.05) is 6.92 Å². The molecule has 6 nitrogen and oxygen atoms in total. The van der Waals surface area contributed by atoms with Gasteiger partial charge in [0.15, 0.2) is 5.75 Å². The molecule has 0 radical (unpaired) electrons. The number of aromatic nitrogens is 2. The van der Waals surface area contributed by atoms with Gasteiger partial charge in [-0.2, -0.15) is 26.7 Å². The molecule has 0 atom stereocenters. The standard InChI is InChI=1S/C18H23F3N2O4S2Si/c1-5-12-10-28-15-8-14-13(9-22-23(14)11-26-6-7-30(2,3)4)17(16(12)15)27-29(24,25)18(19,20)21/h8-10H,5-7,11H2,1-4H3. The first-order valence-corrected chi connectivity index (χ1v) is 15.3. The molecule has 0 aliphatic rings. The highest BCUT2D eigenvalue weighted by Crippen LogP contribution is 2.42. The second-order valence-corrected chi connectivity index (χ2v) is 16.2. The molecule has 0 bridgehead atoms. The Morgan fingerprint density at radius 1 is 1.27 bits per heavy atom. The number of benzene rings is 1. The molecule has 0 fully saturated rings. The molecule has 0 spiro atoms. The molecule has 0 amide bonds. The normalized spacial score (nSPS) is 13.4. The molecule has 1 aromatic carbocycles. The predicted molar refractivity (Wildman–Crippen MR) is 114 cm³/mol. The first-order valence-electron chi connectivity index (χ1n) is 9.31. The monoisotopic (exact) mass is 480 g/mol. The van der Waals surface area contributed by atoms with Crippen molar-refractivity contribution in [3.05, 3.63) is 23.2 Å². The van der Waals surface area contributed by atoms with Crippen molar-refractivity contribution in [1.29, 1.82) is 0 Å². The smallest absolute Gasteiger partial charge is 0.375 e. The summed E-state index contributed by atoms with van der Waals surface area (Å²) in [5, 5.41) is 6.54. The highest BCUT2D eigenvalue weighted by molar-refractivity contribution is 7.88. The Hall–Kier alpha value is -1.63. The highest BCUT2D eigenvalue weighted by Gasteiger charge is 2.49. The van der Waals surface area contributed by atoms with E-state index in [2.05, 4.69) is 28.9 Å². The first-order chi connectivity index (χ1) is 13.8. The van der Waals surface area contributed by atoms with E-state index in [9.17, 15) is 21.6 Å². The molecule has 0 saturated heterocycles. The predicted octanol–water partition coefficient (Wildman–Crippen LogP) is 5.35. The largest absolute Gasteiger partial charge is 0.534 e. The summed E-state index contributed by atoms with van der Waals surface area (Å²) >= 11 is 1.31. The minimum Gasteiger partial charge on any atom is -0.375 e. The van der Waals surface area contributed by atoms with Gasteiger partial charge in [-0.3, -0.25) is 0 Å². The Bertz CT molecular complexity index is 1160. The summed E-state index contributed by atoms with van der Waals surface area (Å²) in [6.45, 7) is 9.17. The fourth-order valence-electron chi connectivity index (χ4n) is 2.89. The third-order valence-electron chi connectivity index (χ3n) is 4.58. The van der Waals surface area contributed by atoms with Gasteiger partial charge in [0.25, 0.3) is 0 Å². The molecule has 3 rings (SSSR count). The van der Waals surface area contributed by atoms with Crippen LogP contribution in [0.5, 0.6) is 5.75 Å². The molecular weight excluding hydrogens is 457 g/mol. The minimum atomic E-state index is -5.82. The van der Waals surface area contributed by atoms with Crippen molar-refractivity contribution < 1.29 is 30.5 Å². The summed E-state index contributed by atoms with van der Waals surface area (Å²) in [6, 6.07) is 2.73. The van der Waals surface area contributed by atoms with Crippen molar-refractivity contribution >= 4 is 50.5 Å². The summed E-state index contributed by atoms with van der Waals surface area (Å²) in [5.74, 6) is -0.341. The van der Waals surface area contributed by atoms with Gasteiger partial charge in [0.05, 0.1) is 17.1 Å². The summed E-state index contributed by atoms with van der Waals surface area (Å²) < 4.78 is 74.9. The second kappa shape index (κ2) is 8.13. The minimum absolute atomic E-state index is 0.108. The molecular formula is C18H23F3N2O4S2Si. The average molecular weight is 481 g/mol.